The van der Waals surface area contributed by atoms with E-state index in [2.05, 4.69) is 5.32 Å². The van der Waals surface area contributed by atoms with Crippen LogP contribution >= 0.6 is 11.6 Å². The lowest BCUT2D eigenvalue weighted by Crippen LogP contribution is -2.38. The number of sulfonamides is 1. The van der Waals surface area contributed by atoms with Gasteiger partial charge in [0.1, 0.15) is 12.3 Å². The van der Waals surface area contributed by atoms with Gasteiger partial charge in [0.2, 0.25) is 5.91 Å². The minimum absolute atomic E-state index is 0.0944. The first-order chi connectivity index (χ1) is 15.5. The van der Waals surface area contributed by atoms with E-state index in [4.69, 9.17) is 16.3 Å². The average molecular weight is 499 g/mol. The van der Waals surface area contributed by atoms with Crippen molar-refractivity contribution in [2.45, 2.75) is 11.1 Å². The van der Waals surface area contributed by atoms with Crippen molar-refractivity contribution in [3.05, 3.63) is 83.4 Å². The van der Waals surface area contributed by atoms with Crippen molar-refractivity contribution in [2.24, 2.45) is 0 Å². The first kappa shape index (κ1) is 24.4. The smallest absolute Gasteiger partial charge is 0.418 e. The molecule has 0 radical (unpaired) electrons. The van der Waals surface area contributed by atoms with E-state index < -0.39 is 39.9 Å². The third-order valence-corrected chi connectivity index (χ3v) is 6.54. The van der Waals surface area contributed by atoms with Crippen LogP contribution < -0.4 is 14.4 Å². The largest absolute Gasteiger partial charge is 0.497 e. The molecule has 0 saturated carbocycles. The Labute approximate surface area is 193 Å². The topological polar surface area (TPSA) is 75.7 Å². The van der Waals surface area contributed by atoms with E-state index in [9.17, 15) is 26.4 Å². The second-order valence-electron chi connectivity index (χ2n) is 6.76. The van der Waals surface area contributed by atoms with Crippen LogP contribution in [0, 0.1) is 0 Å². The van der Waals surface area contributed by atoms with Crippen molar-refractivity contribution in [2.75, 3.05) is 23.3 Å². The Bertz CT molecular complexity index is 1250. The number of alkyl halides is 3. The maximum atomic E-state index is 13.4. The van der Waals surface area contributed by atoms with Gasteiger partial charge in [-0.2, -0.15) is 13.2 Å². The molecule has 33 heavy (non-hydrogen) atoms. The number of nitrogens with one attached hydrogen (secondary N) is 1. The van der Waals surface area contributed by atoms with Crippen LogP contribution in [0.1, 0.15) is 5.56 Å². The van der Waals surface area contributed by atoms with Gasteiger partial charge < -0.3 is 10.1 Å². The Balaban J connectivity index is 1.99. The maximum Gasteiger partial charge on any atom is 0.418 e. The molecule has 0 aliphatic carbocycles. The summed E-state index contributed by atoms with van der Waals surface area (Å²) in [5.74, 6) is -0.650. The minimum atomic E-state index is -4.78. The standard InChI is InChI=1S/C22H18ClF3N2O4S/c1-32-17-7-5-6-16(13-17)28(33(30,31)18-8-3-2-4-9-18)14-21(29)27-20-11-10-15(23)12-19(20)22(24,25)26/h2-13H,14H2,1H3,(H,27,29). The summed E-state index contributed by atoms with van der Waals surface area (Å²) >= 11 is 5.67. The zero-order valence-electron chi connectivity index (χ0n) is 17.1. The van der Waals surface area contributed by atoms with Gasteiger partial charge in [-0.25, -0.2) is 8.42 Å². The molecule has 0 saturated heterocycles. The summed E-state index contributed by atoms with van der Waals surface area (Å²) in [5, 5.41) is 1.98. The average Bonchev–Trinajstić information content (AvgIpc) is 2.78. The van der Waals surface area contributed by atoms with Crippen LogP contribution in [0.5, 0.6) is 5.75 Å². The fraction of sp³-hybridized carbons (Fsp3) is 0.136. The second-order valence-corrected chi connectivity index (χ2v) is 9.06. The number of methoxy groups -OCH3 is 1. The highest BCUT2D eigenvalue weighted by Crippen LogP contribution is 2.36. The number of nitrogens with zero attached hydrogens (tertiary/aromatic N) is 1. The van der Waals surface area contributed by atoms with Gasteiger partial charge in [-0.05, 0) is 42.5 Å². The van der Waals surface area contributed by atoms with Crippen LogP contribution in [0.25, 0.3) is 0 Å². The van der Waals surface area contributed by atoms with Gasteiger partial charge in [0, 0.05) is 11.1 Å². The van der Waals surface area contributed by atoms with Crippen molar-refractivity contribution in [1.29, 1.82) is 0 Å². The van der Waals surface area contributed by atoms with Gasteiger partial charge in [0.05, 0.1) is 28.9 Å². The molecule has 11 heteroatoms. The second kappa shape index (κ2) is 9.72. The van der Waals surface area contributed by atoms with Crippen molar-refractivity contribution in [3.8, 4) is 5.75 Å². The summed E-state index contributed by atoms with van der Waals surface area (Å²) in [6, 6.07) is 16.2. The highest BCUT2D eigenvalue weighted by Gasteiger charge is 2.35. The van der Waals surface area contributed by atoms with E-state index in [-0.39, 0.29) is 15.6 Å². The zero-order valence-corrected chi connectivity index (χ0v) is 18.7. The van der Waals surface area contributed by atoms with Gasteiger partial charge in [-0.3, -0.25) is 9.10 Å². The maximum absolute atomic E-state index is 13.4. The highest BCUT2D eigenvalue weighted by atomic mass is 35.5. The molecule has 0 bridgehead atoms. The van der Waals surface area contributed by atoms with Gasteiger partial charge in [0.25, 0.3) is 10.0 Å². The van der Waals surface area contributed by atoms with Crippen molar-refractivity contribution in [1.82, 2.24) is 0 Å². The third-order valence-electron chi connectivity index (χ3n) is 4.52. The minimum Gasteiger partial charge on any atom is -0.497 e. The molecule has 1 N–H and O–H groups in total. The molecule has 0 fully saturated rings. The molecule has 0 aliphatic rings. The monoisotopic (exact) mass is 498 g/mol. The SMILES string of the molecule is COc1cccc(N(CC(=O)Nc2ccc(Cl)cc2C(F)(F)F)S(=O)(=O)c2ccccc2)c1. The summed E-state index contributed by atoms with van der Waals surface area (Å²) in [4.78, 5) is 12.6. The molecule has 0 heterocycles. The quantitative estimate of drug-likeness (QED) is 0.486. The lowest BCUT2D eigenvalue weighted by Gasteiger charge is -2.25. The molecule has 6 nitrogen and oxygen atoms in total. The summed E-state index contributed by atoms with van der Waals surface area (Å²) in [6.07, 6.45) is -4.78. The van der Waals surface area contributed by atoms with Gasteiger partial charge in [-0.15, -0.1) is 0 Å². The molecule has 3 aromatic rings. The van der Waals surface area contributed by atoms with Crippen LogP contribution in [-0.2, 0) is 21.0 Å². The molecule has 0 atom stereocenters. The van der Waals surface area contributed by atoms with Crippen molar-refractivity contribution in [3.63, 3.8) is 0 Å². The van der Waals surface area contributed by atoms with Gasteiger partial charge in [0.15, 0.2) is 0 Å². The number of halogens is 4. The van der Waals surface area contributed by atoms with Gasteiger partial charge >= 0.3 is 6.18 Å². The van der Waals surface area contributed by atoms with Crippen LogP contribution in [0.3, 0.4) is 0 Å². The Kier molecular flexibility index (Phi) is 7.19. The van der Waals surface area contributed by atoms with Crippen LogP contribution in [0.15, 0.2) is 77.7 Å². The lowest BCUT2D eigenvalue weighted by atomic mass is 10.1. The fourth-order valence-electron chi connectivity index (χ4n) is 2.98. The molecule has 3 aromatic carbocycles. The number of hydrogen-bond donors (Lipinski definition) is 1. The van der Waals surface area contributed by atoms with E-state index in [1.807, 2.05) is 0 Å². The van der Waals surface area contributed by atoms with E-state index in [1.54, 1.807) is 12.1 Å². The number of ether oxygens (including phenoxy) is 1. The van der Waals surface area contributed by atoms with E-state index in [0.717, 1.165) is 10.4 Å². The number of anilines is 2. The number of benzene rings is 3. The third kappa shape index (κ3) is 5.77. The first-order valence-electron chi connectivity index (χ1n) is 9.41. The van der Waals surface area contributed by atoms with E-state index in [1.165, 1.54) is 55.6 Å². The predicted octanol–water partition coefficient (Wildman–Crippen LogP) is 5.20. The number of rotatable bonds is 7. The Morgan fingerprint density at radius 2 is 1.73 bits per heavy atom. The predicted molar refractivity (Wildman–Crippen MR) is 119 cm³/mol. The molecule has 3 rings (SSSR count). The number of hydrogen-bond acceptors (Lipinski definition) is 4. The molecule has 1 amide bonds. The summed E-state index contributed by atoms with van der Waals surface area (Å²) in [6.45, 7) is -0.787. The summed E-state index contributed by atoms with van der Waals surface area (Å²) in [5.41, 5.74) is -1.60. The van der Waals surface area contributed by atoms with E-state index >= 15 is 0 Å². The molecule has 174 valence electrons. The number of carbonyl (C=O) groups is 1. The van der Waals surface area contributed by atoms with E-state index in [0.29, 0.717) is 11.8 Å². The van der Waals surface area contributed by atoms with Crippen LogP contribution in [0.4, 0.5) is 24.5 Å². The first-order valence-corrected chi connectivity index (χ1v) is 11.2. The molecule has 0 aromatic heterocycles. The molecule has 0 unspecified atom stereocenters. The Morgan fingerprint density at radius 1 is 1.03 bits per heavy atom. The van der Waals surface area contributed by atoms with Gasteiger partial charge in [-0.1, -0.05) is 35.9 Å². The zero-order chi connectivity index (χ0) is 24.2. The molecular weight excluding hydrogens is 481 g/mol. The fourth-order valence-corrected chi connectivity index (χ4v) is 4.59. The van der Waals surface area contributed by atoms with Crippen molar-refractivity contribution < 1.29 is 31.1 Å². The molecule has 0 spiro atoms. The normalized spacial score (nSPS) is 11.7. The highest BCUT2D eigenvalue weighted by molar-refractivity contribution is 7.92. The molecular formula is C22H18ClF3N2O4S. The Morgan fingerprint density at radius 3 is 2.36 bits per heavy atom. The lowest BCUT2D eigenvalue weighted by molar-refractivity contribution is -0.137. The van der Waals surface area contributed by atoms with Crippen molar-refractivity contribution >= 4 is 38.9 Å². The van der Waals surface area contributed by atoms with Crippen LogP contribution in [-0.4, -0.2) is 28.0 Å². The summed E-state index contributed by atoms with van der Waals surface area (Å²) < 4.78 is 72.6. The summed E-state index contributed by atoms with van der Waals surface area (Å²) in [7, 11) is -2.85. The number of amides is 1. The molecule has 0 aliphatic heterocycles. The number of carbonyl (C=O) groups excluding carboxylic acids is 1. The Hall–Kier alpha value is -3.24. The van der Waals surface area contributed by atoms with Crippen LogP contribution in [0.2, 0.25) is 5.02 Å².